The van der Waals surface area contributed by atoms with E-state index in [-0.39, 0.29) is 33.4 Å². The Balaban J connectivity index is 1.44. The second kappa shape index (κ2) is 10.9. The third kappa shape index (κ3) is 5.90. The number of fused-ring (bicyclic) bond motifs is 1. The quantitative estimate of drug-likeness (QED) is 0.286. The van der Waals surface area contributed by atoms with Crippen LogP contribution in [0.15, 0.2) is 64.7 Å². The molecule has 15 heteroatoms. The van der Waals surface area contributed by atoms with Crippen molar-refractivity contribution in [3.63, 3.8) is 0 Å². The van der Waals surface area contributed by atoms with Crippen molar-refractivity contribution in [3.05, 3.63) is 76.2 Å². The number of hydrogen-bond donors (Lipinski definition) is 2. The lowest BCUT2D eigenvalue weighted by molar-refractivity contribution is -0.125. The first kappa shape index (κ1) is 29.3. The highest BCUT2D eigenvalue weighted by molar-refractivity contribution is 7.92. The van der Waals surface area contributed by atoms with Gasteiger partial charge in [0.05, 0.1) is 41.3 Å². The number of nitrogens with zero attached hydrogens (tertiary/aromatic N) is 3. The molecule has 2 atom stereocenters. The number of halogens is 4. The number of pyridine rings is 1. The van der Waals surface area contributed by atoms with Gasteiger partial charge in [0.25, 0.3) is 21.5 Å². The molecule has 0 saturated heterocycles. The van der Waals surface area contributed by atoms with E-state index >= 15 is 0 Å². The van der Waals surface area contributed by atoms with E-state index in [2.05, 4.69) is 20.0 Å². The van der Waals surface area contributed by atoms with Gasteiger partial charge in [0.15, 0.2) is 0 Å². The van der Waals surface area contributed by atoms with E-state index in [1.54, 1.807) is 12.1 Å². The molecule has 42 heavy (non-hydrogen) atoms. The molecule has 0 spiro atoms. The first-order valence-corrected chi connectivity index (χ1v) is 14.3. The number of carbonyl (C=O) groups excluding carboxylic acids is 1. The molecule has 0 unspecified atom stereocenters. The van der Waals surface area contributed by atoms with E-state index < -0.39 is 51.6 Å². The molecule has 10 nitrogen and oxygen atoms in total. The number of amides is 1. The van der Waals surface area contributed by atoms with Gasteiger partial charge < -0.3 is 10.1 Å². The molecule has 1 amide bonds. The Morgan fingerprint density at radius 1 is 1.19 bits per heavy atom. The minimum absolute atomic E-state index is 0.0415. The van der Waals surface area contributed by atoms with Crippen molar-refractivity contribution in [1.82, 2.24) is 19.9 Å². The molecule has 2 aromatic heterocycles. The van der Waals surface area contributed by atoms with Gasteiger partial charge in [0, 0.05) is 24.7 Å². The van der Waals surface area contributed by atoms with Gasteiger partial charge in [0.2, 0.25) is 11.8 Å². The molecule has 5 rings (SSSR count). The van der Waals surface area contributed by atoms with Gasteiger partial charge in [-0.05, 0) is 42.0 Å². The zero-order chi connectivity index (χ0) is 30.4. The number of rotatable bonds is 9. The van der Waals surface area contributed by atoms with Gasteiger partial charge in [-0.25, -0.2) is 31.6 Å². The Hall–Kier alpha value is -4.17. The maximum atomic E-state index is 13.5. The SMILES string of the molecule is COc1ncc(-c2ccc3ncn(C[C@@H](C)C(=O)N[C@@H]4CC4(F)F)c(=O)c3c2)cc1NS(=O)(=O)c1ccc(F)cc1Cl. The minimum atomic E-state index is -4.27. The summed E-state index contributed by atoms with van der Waals surface area (Å²) in [5.74, 6) is -5.04. The maximum absolute atomic E-state index is 13.5. The molecule has 220 valence electrons. The zero-order valence-corrected chi connectivity index (χ0v) is 23.6. The standard InChI is InChI=1S/C27H23ClF3N5O5S/c1-14(24(37)34-23-10-27(23,30)31)12-36-13-33-20-5-3-15(7-18(20)26(36)38)16-8-21(25(41-2)32-11-16)35-42(39,40)22-6-4-17(29)9-19(22)28/h3-9,11,13-14,23,35H,10,12H2,1-2H3,(H,34,37)/t14-,23-/m1/s1. The van der Waals surface area contributed by atoms with Crippen molar-refractivity contribution in [1.29, 1.82) is 0 Å². The van der Waals surface area contributed by atoms with Crippen LogP contribution in [0.1, 0.15) is 13.3 Å². The first-order chi connectivity index (χ1) is 19.8. The van der Waals surface area contributed by atoms with Crippen LogP contribution in [0.4, 0.5) is 18.9 Å². The summed E-state index contributed by atoms with van der Waals surface area (Å²) in [4.78, 5) is 33.7. The van der Waals surface area contributed by atoms with E-state index in [0.29, 0.717) is 16.6 Å². The first-order valence-electron chi connectivity index (χ1n) is 12.5. The molecule has 1 aliphatic rings. The maximum Gasteiger partial charge on any atom is 0.270 e. The third-order valence-corrected chi connectivity index (χ3v) is 8.54. The molecule has 2 heterocycles. The van der Waals surface area contributed by atoms with Gasteiger partial charge in [-0.1, -0.05) is 24.6 Å². The molecule has 4 aromatic rings. The minimum Gasteiger partial charge on any atom is -0.480 e. The predicted molar refractivity (Wildman–Crippen MR) is 149 cm³/mol. The van der Waals surface area contributed by atoms with Crippen molar-refractivity contribution in [2.75, 3.05) is 11.8 Å². The van der Waals surface area contributed by atoms with Gasteiger partial charge in [-0.15, -0.1) is 0 Å². The summed E-state index contributed by atoms with van der Waals surface area (Å²) in [5.41, 5.74) is 0.750. The Labute approximate surface area is 242 Å². The lowest BCUT2D eigenvalue weighted by atomic mass is 10.0. The predicted octanol–water partition coefficient (Wildman–Crippen LogP) is 4.22. The van der Waals surface area contributed by atoms with Crippen LogP contribution in [0.3, 0.4) is 0 Å². The van der Waals surface area contributed by atoms with Gasteiger partial charge in [0.1, 0.15) is 16.4 Å². The van der Waals surface area contributed by atoms with Crippen LogP contribution >= 0.6 is 11.6 Å². The number of anilines is 1. The zero-order valence-electron chi connectivity index (χ0n) is 22.1. The number of ether oxygens (including phenoxy) is 1. The number of benzene rings is 2. The Bertz CT molecular complexity index is 1890. The second-order valence-corrected chi connectivity index (χ2v) is 11.9. The molecule has 0 radical (unpaired) electrons. The molecule has 1 fully saturated rings. The van der Waals surface area contributed by atoms with E-state index in [4.69, 9.17) is 16.3 Å². The number of carbonyl (C=O) groups is 1. The molecule has 0 aliphatic heterocycles. The highest BCUT2D eigenvalue weighted by Gasteiger charge is 2.58. The number of hydrogen-bond acceptors (Lipinski definition) is 7. The molecule has 1 aliphatic carbocycles. The molecular weight excluding hydrogens is 599 g/mol. The van der Waals surface area contributed by atoms with Crippen LogP contribution in [0.5, 0.6) is 5.88 Å². The van der Waals surface area contributed by atoms with Crippen molar-refractivity contribution < 1.29 is 31.1 Å². The van der Waals surface area contributed by atoms with Crippen LogP contribution in [-0.4, -0.2) is 47.9 Å². The highest BCUT2D eigenvalue weighted by atomic mass is 35.5. The molecule has 2 aromatic carbocycles. The lowest BCUT2D eigenvalue weighted by Gasteiger charge is -2.15. The van der Waals surface area contributed by atoms with Crippen LogP contribution in [-0.2, 0) is 21.4 Å². The Kier molecular flexibility index (Phi) is 7.62. The average Bonchev–Trinajstić information content (AvgIpc) is 3.54. The molecular formula is C27H23ClF3N5O5S. The van der Waals surface area contributed by atoms with Crippen molar-refractivity contribution >= 4 is 44.1 Å². The summed E-state index contributed by atoms with van der Waals surface area (Å²) < 4.78 is 74.6. The summed E-state index contributed by atoms with van der Waals surface area (Å²) >= 11 is 5.95. The third-order valence-electron chi connectivity index (χ3n) is 6.69. The summed E-state index contributed by atoms with van der Waals surface area (Å²) in [5, 5.41) is 2.17. The number of methoxy groups -OCH3 is 1. The van der Waals surface area contributed by atoms with E-state index in [1.807, 2.05) is 0 Å². The largest absolute Gasteiger partial charge is 0.480 e. The monoisotopic (exact) mass is 621 g/mol. The van der Waals surface area contributed by atoms with E-state index in [1.165, 1.54) is 43.3 Å². The fourth-order valence-corrected chi connectivity index (χ4v) is 5.85. The number of sulfonamides is 1. The lowest BCUT2D eigenvalue weighted by Crippen LogP contribution is -2.37. The Morgan fingerprint density at radius 3 is 2.60 bits per heavy atom. The Morgan fingerprint density at radius 2 is 1.93 bits per heavy atom. The fraction of sp³-hybridized carbons (Fsp3) is 0.259. The topological polar surface area (TPSA) is 132 Å². The van der Waals surface area contributed by atoms with Gasteiger partial charge in [-0.2, -0.15) is 0 Å². The van der Waals surface area contributed by atoms with Crippen LogP contribution in [0.2, 0.25) is 5.02 Å². The second-order valence-electron chi connectivity index (χ2n) is 9.82. The van der Waals surface area contributed by atoms with Crippen molar-refractivity contribution in [3.8, 4) is 17.0 Å². The molecule has 0 bridgehead atoms. The average molecular weight is 622 g/mol. The molecule has 2 N–H and O–H groups in total. The van der Waals surface area contributed by atoms with Crippen LogP contribution < -0.4 is 20.3 Å². The smallest absolute Gasteiger partial charge is 0.270 e. The summed E-state index contributed by atoms with van der Waals surface area (Å²) in [6, 6.07) is 7.89. The van der Waals surface area contributed by atoms with E-state index in [0.717, 1.165) is 18.2 Å². The van der Waals surface area contributed by atoms with Gasteiger partial charge in [-0.3, -0.25) is 18.9 Å². The fourth-order valence-electron chi connectivity index (χ4n) is 4.27. The molecule has 1 saturated carbocycles. The van der Waals surface area contributed by atoms with Crippen LogP contribution in [0.25, 0.3) is 22.0 Å². The summed E-state index contributed by atoms with van der Waals surface area (Å²) in [7, 11) is -2.98. The van der Waals surface area contributed by atoms with Crippen molar-refractivity contribution in [2.24, 2.45) is 5.92 Å². The number of nitrogens with one attached hydrogen (secondary N) is 2. The number of alkyl halides is 2. The summed E-state index contributed by atoms with van der Waals surface area (Å²) in [6.45, 7) is 1.44. The number of aromatic nitrogens is 3. The highest BCUT2D eigenvalue weighted by Crippen LogP contribution is 2.41. The van der Waals surface area contributed by atoms with Crippen LogP contribution in [0, 0.1) is 11.7 Å². The van der Waals surface area contributed by atoms with E-state index in [9.17, 15) is 31.2 Å². The summed E-state index contributed by atoms with van der Waals surface area (Å²) in [6.07, 6.45) is 2.29. The van der Waals surface area contributed by atoms with Gasteiger partial charge >= 0.3 is 0 Å². The van der Waals surface area contributed by atoms with Crippen molar-refractivity contribution in [2.45, 2.75) is 36.7 Å². The normalized spacial score (nSPS) is 16.6.